The Bertz CT molecular complexity index is 929. The Morgan fingerprint density at radius 2 is 1.55 bits per heavy atom. The quantitative estimate of drug-likeness (QED) is 0.806. The van der Waals surface area contributed by atoms with E-state index in [1.54, 1.807) is 24.3 Å². The number of hydrogen-bond acceptors (Lipinski definition) is 3. The fourth-order valence-electron chi connectivity index (χ4n) is 1.75. The molecule has 0 heterocycles. The van der Waals surface area contributed by atoms with E-state index in [0.29, 0.717) is 9.92 Å². The van der Waals surface area contributed by atoms with Crippen molar-refractivity contribution in [3.05, 3.63) is 58.1 Å². The molecule has 118 valence electrons. The molecule has 0 aliphatic heterocycles. The lowest BCUT2D eigenvalue weighted by molar-refractivity contribution is 0.598. The molecular weight excluding hydrogens is 365 g/mol. The van der Waals surface area contributed by atoms with Crippen molar-refractivity contribution in [3.8, 4) is 0 Å². The van der Waals surface area contributed by atoms with Crippen LogP contribution in [0.2, 0.25) is 10.0 Å². The summed E-state index contributed by atoms with van der Waals surface area (Å²) in [4.78, 5) is 0.118. The Balaban J connectivity index is 2.58. The zero-order valence-corrected chi connectivity index (χ0v) is 14.9. The van der Waals surface area contributed by atoms with Gasteiger partial charge in [0.25, 0.3) is 10.0 Å². The highest BCUT2D eigenvalue weighted by molar-refractivity contribution is 8.03. The van der Waals surface area contributed by atoms with Crippen LogP contribution >= 0.6 is 23.2 Å². The summed E-state index contributed by atoms with van der Waals surface area (Å²) in [5.74, 6) is 0. The van der Waals surface area contributed by atoms with Gasteiger partial charge in [-0.2, -0.15) is 8.42 Å². The zero-order valence-electron chi connectivity index (χ0n) is 11.8. The molecule has 22 heavy (non-hydrogen) atoms. The van der Waals surface area contributed by atoms with Gasteiger partial charge in [-0.25, -0.2) is 4.21 Å². The summed E-state index contributed by atoms with van der Waals surface area (Å²) in [5.41, 5.74) is 0.975. The monoisotopic (exact) mass is 377 g/mol. The third-order valence-electron chi connectivity index (χ3n) is 2.87. The first-order chi connectivity index (χ1) is 10.1. The first-order valence-corrected chi connectivity index (χ1v) is 10.2. The van der Waals surface area contributed by atoms with Gasteiger partial charge in [0.1, 0.15) is 4.90 Å². The smallest absolute Gasteiger partial charge is 0.244 e. The van der Waals surface area contributed by atoms with Crippen LogP contribution < -0.4 is 0 Å². The molecule has 8 heteroatoms. The van der Waals surface area contributed by atoms with Gasteiger partial charge in [0, 0.05) is 16.2 Å². The minimum absolute atomic E-state index is 0.0599. The fraction of sp³-hybridized carbons (Fsp3) is 0.143. The van der Waals surface area contributed by atoms with Gasteiger partial charge in [-0.3, -0.25) is 0 Å². The molecule has 2 aromatic carbocycles. The van der Waals surface area contributed by atoms with Crippen LogP contribution in [-0.4, -0.2) is 18.9 Å². The molecule has 0 unspecified atom stereocenters. The average Bonchev–Trinajstić information content (AvgIpc) is 2.37. The van der Waals surface area contributed by atoms with Gasteiger partial charge >= 0.3 is 0 Å². The van der Waals surface area contributed by atoms with E-state index in [-0.39, 0.29) is 9.92 Å². The number of aryl methyl sites for hydroxylation is 1. The molecule has 2 aromatic rings. The highest BCUT2D eigenvalue weighted by Crippen LogP contribution is 2.27. The molecule has 4 nitrogen and oxygen atoms in total. The van der Waals surface area contributed by atoms with Crippen molar-refractivity contribution in [1.82, 2.24) is 0 Å². The van der Waals surface area contributed by atoms with Gasteiger partial charge in [0.05, 0.1) is 14.8 Å². The van der Waals surface area contributed by atoms with Crippen molar-refractivity contribution in [2.75, 3.05) is 6.26 Å². The van der Waals surface area contributed by atoms with Crippen LogP contribution in [0.15, 0.2) is 56.0 Å². The van der Waals surface area contributed by atoms with Gasteiger partial charge in [0.15, 0.2) is 0 Å². The molecule has 0 saturated carbocycles. The maximum atomic E-state index is 12.7. The van der Waals surface area contributed by atoms with Crippen molar-refractivity contribution in [3.63, 3.8) is 0 Å². The number of hydrogen-bond donors (Lipinski definition) is 0. The Kier molecular flexibility index (Phi) is 4.87. The van der Waals surface area contributed by atoms with Crippen LogP contribution in [0.25, 0.3) is 0 Å². The lowest BCUT2D eigenvalue weighted by atomic mass is 10.2. The van der Waals surface area contributed by atoms with Crippen LogP contribution in [-0.2, 0) is 19.8 Å². The summed E-state index contributed by atoms with van der Waals surface area (Å²) in [7, 11) is -7.28. The number of sulfonamides is 1. The Labute approximate surface area is 140 Å². The minimum atomic E-state index is -4.16. The predicted octanol–water partition coefficient (Wildman–Crippen LogP) is 4.15. The second kappa shape index (κ2) is 6.20. The molecule has 0 radical (unpaired) electrons. The predicted molar refractivity (Wildman–Crippen MR) is 89.6 cm³/mol. The van der Waals surface area contributed by atoms with E-state index in [1.807, 2.05) is 6.92 Å². The lowest BCUT2D eigenvalue weighted by Gasteiger charge is -2.07. The molecule has 1 atom stereocenters. The molecule has 0 aliphatic carbocycles. The first-order valence-electron chi connectivity index (χ1n) is 6.12. The molecular formula is C14H13Cl2NO3S2. The number of halogens is 2. The second-order valence-corrected chi connectivity index (χ2v) is 9.65. The van der Waals surface area contributed by atoms with E-state index in [9.17, 15) is 12.6 Å². The Hall–Kier alpha value is -1.08. The van der Waals surface area contributed by atoms with Gasteiger partial charge < -0.3 is 0 Å². The summed E-state index contributed by atoms with van der Waals surface area (Å²) in [6.45, 7) is 1.88. The standard InChI is InChI=1S/C14H13Cl2NO3S2/c1-10-3-6-12(7-4-10)21(2,18)17-22(19,20)14-8-5-11(15)9-13(14)16/h3-9H,1-2H3/t21-/m1/s1. The van der Waals surface area contributed by atoms with Crippen molar-refractivity contribution < 1.29 is 12.6 Å². The SMILES string of the molecule is Cc1ccc([S@@](C)(=O)=NS(=O)(=O)c2ccc(Cl)cc2Cl)cc1. The van der Waals surface area contributed by atoms with Crippen LogP contribution in [0.1, 0.15) is 5.56 Å². The van der Waals surface area contributed by atoms with Crippen LogP contribution in [0, 0.1) is 6.92 Å². The van der Waals surface area contributed by atoms with Crippen LogP contribution in [0.4, 0.5) is 0 Å². The molecule has 0 aromatic heterocycles. The van der Waals surface area contributed by atoms with E-state index in [4.69, 9.17) is 23.2 Å². The molecule has 0 saturated heterocycles. The summed E-state index contributed by atoms with van der Waals surface area (Å²) in [6.07, 6.45) is 1.28. The molecule has 0 amide bonds. The molecule has 2 rings (SSSR count). The number of benzene rings is 2. The highest BCUT2D eigenvalue weighted by atomic mass is 35.5. The highest BCUT2D eigenvalue weighted by Gasteiger charge is 2.20. The molecule has 0 bridgehead atoms. The summed E-state index contributed by atoms with van der Waals surface area (Å²) in [5, 5.41) is 0.245. The molecule has 0 aliphatic rings. The van der Waals surface area contributed by atoms with Gasteiger partial charge in [0.2, 0.25) is 0 Å². The summed E-state index contributed by atoms with van der Waals surface area (Å²) < 4.78 is 40.9. The maximum Gasteiger partial charge on any atom is 0.291 e. The normalized spacial score (nSPS) is 14.4. The largest absolute Gasteiger partial charge is 0.291 e. The molecule has 0 N–H and O–H groups in total. The Morgan fingerprint density at radius 1 is 0.955 bits per heavy atom. The number of nitrogens with zero attached hydrogens (tertiary/aromatic N) is 1. The molecule has 0 fully saturated rings. The summed E-state index contributed by atoms with van der Waals surface area (Å²) >= 11 is 11.6. The minimum Gasteiger partial charge on any atom is -0.244 e. The average molecular weight is 378 g/mol. The van der Waals surface area contributed by atoms with E-state index in [2.05, 4.69) is 3.77 Å². The van der Waals surface area contributed by atoms with Crippen LogP contribution in [0.3, 0.4) is 0 Å². The second-order valence-electron chi connectivity index (χ2n) is 4.74. The van der Waals surface area contributed by atoms with Crippen molar-refractivity contribution in [2.45, 2.75) is 16.7 Å². The first kappa shape index (κ1) is 17.3. The van der Waals surface area contributed by atoms with E-state index in [1.165, 1.54) is 24.5 Å². The third-order valence-corrected chi connectivity index (χ3v) is 7.51. The van der Waals surface area contributed by atoms with Crippen molar-refractivity contribution in [2.24, 2.45) is 3.77 Å². The van der Waals surface area contributed by atoms with Gasteiger partial charge in [-0.05, 0) is 37.3 Å². The van der Waals surface area contributed by atoms with E-state index in [0.717, 1.165) is 5.56 Å². The van der Waals surface area contributed by atoms with Crippen LogP contribution in [0.5, 0.6) is 0 Å². The van der Waals surface area contributed by atoms with E-state index >= 15 is 0 Å². The van der Waals surface area contributed by atoms with Crippen molar-refractivity contribution >= 4 is 43.0 Å². The fourth-order valence-corrected chi connectivity index (χ4v) is 5.80. The third kappa shape index (κ3) is 3.81. The maximum absolute atomic E-state index is 12.7. The van der Waals surface area contributed by atoms with Gasteiger partial charge in [-0.1, -0.05) is 40.9 Å². The zero-order chi connectivity index (χ0) is 16.5. The lowest BCUT2D eigenvalue weighted by Crippen LogP contribution is -2.05. The number of rotatable bonds is 3. The molecule has 0 spiro atoms. The summed E-state index contributed by atoms with van der Waals surface area (Å²) in [6, 6.07) is 10.6. The van der Waals surface area contributed by atoms with E-state index < -0.39 is 19.8 Å². The Morgan fingerprint density at radius 3 is 2.09 bits per heavy atom. The van der Waals surface area contributed by atoms with Gasteiger partial charge in [-0.15, -0.1) is 3.77 Å². The topological polar surface area (TPSA) is 63.6 Å². The van der Waals surface area contributed by atoms with Crippen molar-refractivity contribution in [1.29, 1.82) is 0 Å².